The van der Waals surface area contributed by atoms with Crippen LogP contribution in [0.2, 0.25) is 0 Å². The molecule has 0 aromatic carbocycles. The lowest BCUT2D eigenvalue weighted by Gasteiger charge is -2.22. The van der Waals surface area contributed by atoms with Crippen LogP contribution in [0.5, 0.6) is 0 Å². The molecule has 98 valence electrons. The highest BCUT2D eigenvalue weighted by atomic mass is 16.1. The van der Waals surface area contributed by atoms with Crippen molar-refractivity contribution >= 4 is 17.4 Å². The summed E-state index contributed by atoms with van der Waals surface area (Å²) < 4.78 is 0. The molecule has 1 aromatic heterocycles. The molecule has 0 unspecified atom stereocenters. The van der Waals surface area contributed by atoms with E-state index in [0.717, 1.165) is 24.7 Å². The van der Waals surface area contributed by atoms with Crippen molar-refractivity contribution in [2.45, 2.75) is 20.3 Å². The molecule has 0 N–H and O–H groups in total. The SMILES string of the molecule is CC(C)CN(C)c1cc(N2CCC(=O)C2)ncn1. The highest BCUT2D eigenvalue weighted by Gasteiger charge is 2.21. The highest BCUT2D eigenvalue weighted by Crippen LogP contribution is 2.20. The number of aromatic nitrogens is 2. The molecule has 2 rings (SSSR count). The van der Waals surface area contributed by atoms with Crippen molar-refractivity contribution in [2.75, 3.05) is 36.5 Å². The normalized spacial score (nSPS) is 15.6. The largest absolute Gasteiger partial charge is 0.359 e. The van der Waals surface area contributed by atoms with E-state index in [1.54, 1.807) is 6.33 Å². The second-order valence-corrected chi connectivity index (χ2v) is 5.22. The predicted molar refractivity (Wildman–Crippen MR) is 72.0 cm³/mol. The quantitative estimate of drug-likeness (QED) is 0.805. The molecule has 1 aliphatic rings. The third-order valence-corrected chi connectivity index (χ3v) is 3.02. The van der Waals surface area contributed by atoms with Crippen LogP contribution in [0.15, 0.2) is 12.4 Å². The third-order valence-electron chi connectivity index (χ3n) is 3.02. The lowest BCUT2D eigenvalue weighted by molar-refractivity contribution is -0.116. The molecular formula is C13H20N4O. The maximum absolute atomic E-state index is 11.3. The van der Waals surface area contributed by atoms with Gasteiger partial charge in [-0.25, -0.2) is 9.97 Å². The molecule has 0 spiro atoms. The van der Waals surface area contributed by atoms with Crippen molar-refractivity contribution in [2.24, 2.45) is 5.92 Å². The van der Waals surface area contributed by atoms with E-state index in [-0.39, 0.29) is 5.78 Å². The predicted octanol–water partition coefficient (Wildman–Crippen LogP) is 1.35. The molecular weight excluding hydrogens is 228 g/mol. The average molecular weight is 248 g/mol. The van der Waals surface area contributed by atoms with Gasteiger partial charge in [0, 0.05) is 32.6 Å². The Hall–Kier alpha value is -1.65. The second-order valence-electron chi connectivity index (χ2n) is 5.22. The first-order chi connectivity index (χ1) is 8.56. The van der Waals surface area contributed by atoms with Gasteiger partial charge in [0.1, 0.15) is 18.0 Å². The van der Waals surface area contributed by atoms with E-state index in [1.807, 2.05) is 18.0 Å². The molecule has 0 saturated carbocycles. The molecule has 5 nitrogen and oxygen atoms in total. The minimum atomic E-state index is 0.283. The molecule has 0 atom stereocenters. The number of hydrogen-bond donors (Lipinski definition) is 0. The van der Waals surface area contributed by atoms with Crippen molar-refractivity contribution in [1.82, 2.24) is 9.97 Å². The molecule has 0 radical (unpaired) electrons. The van der Waals surface area contributed by atoms with E-state index in [1.165, 1.54) is 0 Å². The Balaban J connectivity index is 2.12. The van der Waals surface area contributed by atoms with Gasteiger partial charge in [-0.1, -0.05) is 13.8 Å². The Morgan fingerprint density at radius 2 is 2.22 bits per heavy atom. The van der Waals surface area contributed by atoms with E-state index >= 15 is 0 Å². The second kappa shape index (κ2) is 5.33. The zero-order chi connectivity index (χ0) is 13.1. The van der Waals surface area contributed by atoms with Gasteiger partial charge in [0.05, 0.1) is 6.54 Å². The van der Waals surface area contributed by atoms with Gasteiger partial charge in [-0.15, -0.1) is 0 Å². The Kier molecular flexibility index (Phi) is 3.79. The summed E-state index contributed by atoms with van der Waals surface area (Å²) in [4.78, 5) is 24.0. The molecule has 1 fully saturated rings. The maximum Gasteiger partial charge on any atom is 0.153 e. The van der Waals surface area contributed by atoms with Crippen LogP contribution in [-0.2, 0) is 4.79 Å². The summed E-state index contributed by atoms with van der Waals surface area (Å²) in [5.41, 5.74) is 0. The van der Waals surface area contributed by atoms with Gasteiger partial charge in [0.25, 0.3) is 0 Å². The van der Waals surface area contributed by atoms with Crippen LogP contribution in [0.3, 0.4) is 0 Å². The summed E-state index contributed by atoms with van der Waals surface area (Å²) in [7, 11) is 2.03. The Labute approximate surface area is 108 Å². The van der Waals surface area contributed by atoms with Crippen LogP contribution in [-0.4, -0.2) is 42.4 Å². The van der Waals surface area contributed by atoms with Gasteiger partial charge in [0.15, 0.2) is 5.78 Å². The molecule has 2 heterocycles. The van der Waals surface area contributed by atoms with Gasteiger partial charge in [-0.2, -0.15) is 0 Å². The average Bonchev–Trinajstić information content (AvgIpc) is 2.75. The summed E-state index contributed by atoms with van der Waals surface area (Å²) in [5, 5.41) is 0. The first-order valence-electron chi connectivity index (χ1n) is 6.36. The minimum Gasteiger partial charge on any atom is -0.359 e. The fraction of sp³-hybridized carbons (Fsp3) is 0.615. The fourth-order valence-electron chi connectivity index (χ4n) is 2.19. The topological polar surface area (TPSA) is 49.3 Å². The van der Waals surface area contributed by atoms with Gasteiger partial charge < -0.3 is 9.80 Å². The lowest BCUT2D eigenvalue weighted by Crippen LogP contribution is -2.25. The molecule has 0 aliphatic carbocycles. The summed E-state index contributed by atoms with van der Waals surface area (Å²) in [5.74, 6) is 2.63. The highest BCUT2D eigenvalue weighted by molar-refractivity contribution is 5.86. The van der Waals surface area contributed by atoms with Crippen molar-refractivity contribution in [3.05, 3.63) is 12.4 Å². The van der Waals surface area contributed by atoms with Crippen molar-refractivity contribution in [1.29, 1.82) is 0 Å². The molecule has 5 heteroatoms. The maximum atomic E-state index is 11.3. The van der Waals surface area contributed by atoms with Crippen LogP contribution in [0, 0.1) is 5.92 Å². The standard InChI is InChI=1S/C13H20N4O/c1-10(2)7-16(3)12-6-13(15-9-14-12)17-5-4-11(18)8-17/h6,9-10H,4-5,7-8H2,1-3H3. The first kappa shape index (κ1) is 12.8. The summed E-state index contributed by atoms with van der Waals surface area (Å²) in [6, 6.07) is 1.96. The first-order valence-corrected chi connectivity index (χ1v) is 6.36. The molecule has 1 saturated heterocycles. The summed E-state index contributed by atoms with van der Waals surface area (Å²) in [6.45, 7) is 6.55. The summed E-state index contributed by atoms with van der Waals surface area (Å²) >= 11 is 0. The number of carbonyl (C=O) groups excluding carboxylic acids is 1. The van der Waals surface area contributed by atoms with Crippen molar-refractivity contribution in [3.8, 4) is 0 Å². The van der Waals surface area contributed by atoms with Gasteiger partial charge in [-0.05, 0) is 5.92 Å². The van der Waals surface area contributed by atoms with Crippen molar-refractivity contribution in [3.63, 3.8) is 0 Å². The zero-order valence-electron chi connectivity index (χ0n) is 11.3. The molecule has 0 bridgehead atoms. The van der Waals surface area contributed by atoms with Crippen LogP contribution in [0.25, 0.3) is 0 Å². The molecule has 1 aromatic rings. The van der Waals surface area contributed by atoms with Gasteiger partial charge in [0.2, 0.25) is 0 Å². The zero-order valence-corrected chi connectivity index (χ0v) is 11.3. The van der Waals surface area contributed by atoms with E-state index < -0.39 is 0 Å². The van der Waals surface area contributed by atoms with Crippen molar-refractivity contribution < 1.29 is 4.79 Å². The molecule has 18 heavy (non-hydrogen) atoms. The lowest BCUT2D eigenvalue weighted by atomic mass is 10.2. The number of carbonyl (C=O) groups is 1. The summed E-state index contributed by atoms with van der Waals surface area (Å²) in [6.07, 6.45) is 2.20. The molecule has 0 amide bonds. The number of Topliss-reactive ketones (excluding diaryl/α,β-unsaturated/α-hetero) is 1. The Morgan fingerprint density at radius 3 is 2.83 bits per heavy atom. The smallest absolute Gasteiger partial charge is 0.153 e. The fourth-order valence-corrected chi connectivity index (χ4v) is 2.19. The number of ketones is 1. The van der Waals surface area contributed by atoms with E-state index in [9.17, 15) is 4.79 Å². The number of hydrogen-bond acceptors (Lipinski definition) is 5. The van der Waals surface area contributed by atoms with Crippen LogP contribution < -0.4 is 9.80 Å². The van der Waals surface area contributed by atoms with Crippen LogP contribution in [0.4, 0.5) is 11.6 Å². The Morgan fingerprint density at radius 1 is 1.44 bits per heavy atom. The van der Waals surface area contributed by atoms with Gasteiger partial charge >= 0.3 is 0 Å². The minimum absolute atomic E-state index is 0.283. The number of nitrogens with zero attached hydrogens (tertiary/aromatic N) is 4. The van der Waals surface area contributed by atoms with Crippen LogP contribution >= 0.6 is 0 Å². The Bertz CT molecular complexity index is 433. The van der Waals surface area contributed by atoms with Crippen LogP contribution in [0.1, 0.15) is 20.3 Å². The number of rotatable bonds is 4. The van der Waals surface area contributed by atoms with E-state index in [0.29, 0.717) is 18.9 Å². The third kappa shape index (κ3) is 2.97. The number of anilines is 2. The van der Waals surface area contributed by atoms with E-state index in [2.05, 4.69) is 28.7 Å². The molecule has 1 aliphatic heterocycles. The monoisotopic (exact) mass is 248 g/mol. The van der Waals surface area contributed by atoms with Gasteiger partial charge in [-0.3, -0.25) is 4.79 Å². The van der Waals surface area contributed by atoms with E-state index in [4.69, 9.17) is 0 Å².